The van der Waals surface area contributed by atoms with Crippen molar-refractivity contribution < 1.29 is 4.79 Å². The van der Waals surface area contributed by atoms with Gasteiger partial charge in [-0.05, 0) is 47.6 Å². The summed E-state index contributed by atoms with van der Waals surface area (Å²) in [6.07, 6.45) is 2.19. The second kappa shape index (κ2) is 5.28. The molecular weight excluding hydrogens is 360 g/mol. The SMILES string of the molecule is O=C(Nc1nc2c(cc3c4c(cccc42)CC3)s1)c1ccc(Cl)s1. The van der Waals surface area contributed by atoms with Gasteiger partial charge < -0.3 is 0 Å². The number of thiazole rings is 1. The van der Waals surface area contributed by atoms with Crippen molar-refractivity contribution in [2.45, 2.75) is 12.8 Å². The number of rotatable bonds is 2. The molecule has 0 unspecified atom stereocenters. The van der Waals surface area contributed by atoms with Crippen LogP contribution in [0.5, 0.6) is 0 Å². The van der Waals surface area contributed by atoms with E-state index in [1.54, 1.807) is 12.1 Å². The fourth-order valence-corrected chi connectivity index (χ4v) is 5.23. The molecule has 6 heteroatoms. The van der Waals surface area contributed by atoms with Crippen LogP contribution in [-0.2, 0) is 12.8 Å². The number of halogens is 1. The van der Waals surface area contributed by atoms with Crippen LogP contribution in [-0.4, -0.2) is 10.9 Å². The van der Waals surface area contributed by atoms with Crippen LogP contribution in [0.2, 0.25) is 4.34 Å². The molecule has 1 N–H and O–H groups in total. The Morgan fingerprint density at radius 3 is 2.83 bits per heavy atom. The summed E-state index contributed by atoms with van der Waals surface area (Å²) in [7, 11) is 0. The summed E-state index contributed by atoms with van der Waals surface area (Å²) in [6.45, 7) is 0. The molecule has 0 radical (unpaired) electrons. The second-order valence-electron chi connectivity index (χ2n) is 5.80. The first-order valence-corrected chi connectivity index (χ1v) is 9.61. The predicted octanol–water partition coefficient (Wildman–Crippen LogP) is 5.52. The summed E-state index contributed by atoms with van der Waals surface area (Å²) in [5.41, 5.74) is 3.76. The van der Waals surface area contributed by atoms with Gasteiger partial charge in [-0.1, -0.05) is 41.1 Å². The molecule has 1 aliphatic rings. The molecule has 5 rings (SSSR count). The number of hydrogen-bond acceptors (Lipinski definition) is 4. The van der Waals surface area contributed by atoms with Crippen LogP contribution in [0.4, 0.5) is 5.13 Å². The average Bonchev–Trinajstić information content (AvgIpc) is 3.27. The van der Waals surface area contributed by atoms with E-state index in [9.17, 15) is 4.79 Å². The molecule has 118 valence electrons. The highest BCUT2D eigenvalue weighted by Crippen LogP contribution is 2.39. The number of aromatic nitrogens is 1. The molecule has 0 saturated heterocycles. The summed E-state index contributed by atoms with van der Waals surface area (Å²) >= 11 is 8.69. The largest absolute Gasteiger partial charge is 0.297 e. The zero-order valence-corrected chi connectivity index (χ0v) is 14.8. The van der Waals surface area contributed by atoms with Crippen molar-refractivity contribution >= 4 is 66.3 Å². The molecule has 0 bridgehead atoms. The average molecular weight is 371 g/mol. The molecule has 24 heavy (non-hydrogen) atoms. The van der Waals surface area contributed by atoms with E-state index in [-0.39, 0.29) is 5.91 Å². The molecule has 3 nitrogen and oxygen atoms in total. The Labute approximate surface area is 150 Å². The lowest BCUT2D eigenvalue weighted by Gasteiger charge is -2.02. The number of anilines is 1. The summed E-state index contributed by atoms with van der Waals surface area (Å²) < 4.78 is 1.73. The minimum absolute atomic E-state index is 0.164. The summed E-state index contributed by atoms with van der Waals surface area (Å²) in [6, 6.07) is 12.1. The number of hydrogen-bond donors (Lipinski definition) is 1. The lowest BCUT2D eigenvalue weighted by atomic mass is 10.0. The standard InChI is InChI=1S/C18H11ClN2OS2/c19-14-7-6-12(23-14)17(22)21-18-20-16-11-3-1-2-9-4-5-10(15(9)11)8-13(16)24-18/h1-3,6-8H,4-5H2,(H,20,21,22). The molecule has 1 aliphatic carbocycles. The molecule has 0 saturated carbocycles. The van der Waals surface area contributed by atoms with Crippen LogP contribution in [0.15, 0.2) is 36.4 Å². The number of aryl methyl sites for hydroxylation is 2. The maximum Gasteiger partial charge on any atom is 0.267 e. The molecule has 1 amide bonds. The lowest BCUT2D eigenvalue weighted by Crippen LogP contribution is -2.09. The van der Waals surface area contributed by atoms with Gasteiger partial charge in [-0.2, -0.15) is 0 Å². The van der Waals surface area contributed by atoms with Crippen LogP contribution in [0.1, 0.15) is 20.8 Å². The minimum atomic E-state index is -0.164. The van der Waals surface area contributed by atoms with E-state index in [2.05, 4.69) is 34.6 Å². The third-order valence-corrected chi connectivity index (χ3v) is 6.51. The molecule has 4 aromatic rings. The first kappa shape index (κ1) is 14.4. The van der Waals surface area contributed by atoms with Gasteiger partial charge in [0.25, 0.3) is 5.91 Å². The maximum atomic E-state index is 12.3. The van der Waals surface area contributed by atoms with E-state index in [1.165, 1.54) is 44.6 Å². The fourth-order valence-electron chi connectivity index (χ4n) is 3.35. The zero-order valence-electron chi connectivity index (χ0n) is 12.4. The van der Waals surface area contributed by atoms with Gasteiger partial charge >= 0.3 is 0 Å². The van der Waals surface area contributed by atoms with Gasteiger partial charge in [-0.3, -0.25) is 10.1 Å². The van der Waals surface area contributed by atoms with Crippen molar-refractivity contribution in [1.82, 2.24) is 4.98 Å². The second-order valence-corrected chi connectivity index (χ2v) is 8.54. The number of carbonyl (C=O) groups is 1. The topological polar surface area (TPSA) is 42.0 Å². The van der Waals surface area contributed by atoms with E-state index < -0.39 is 0 Å². The predicted molar refractivity (Wildman–Crippen MR) is 102 cm³/mol. The van der Waals surface area contributed by atoms with Crippen molar-refractivity contribution in [3.05, 3.63) is 56.7 Å². The highest BCUT2D eigenvalue weighted by molar-refractivity contribution is 7.22. The third kappa shape index (κ3) is 2.16. The van der Waals surface area contributed by atoms with Gasteiger partial charge in [0.2, 0.25) is 0 Å². The Balaban J connectivity index is 1.60. The Morgan fingerprint density at radius 1 is 1.12 bits per heavy atom. The summed E-state index contributed by atoms with van der Waals surface area (Å²) in [5, 5.41) is 6.06. The fraction of sp³-hybridized carbons (Fsp3) is 0.111. The van der Waals surface area contributed by atoms with Crippen molar-refractivity contribution in [1.29, 1.82) is 0 Å². The van der Waals surface area contributed by atoms with E-state index in [4.69, 9.17) is 11.6 Å². The molecule has 0 atom stereocenters. The van der Waals surface area contributed by atoms with Crippen LogP contribution in [0, 0.1) is 0 Å². The molecular formula is C18H11ClN2OS2. The van der Waals surface area contributed by atoms with E-state index in [0.29, 0.717) is 14.3 Å². The zero-order chi connectivity index (χ0) is 16.3. The van der Waals surface area contributed by atoms with Crippen molar-refractivity contribution in [3.8, 4) is 0 Å². The first-order chi connectivity index (χ1) is 11.7. The van der Waals surface area contributed by atoms with Gasteiger partial charge in [0.05, 0.1) is 19.4 Å². The van der Waals surface area contributed by atoms with Crippen molar-refractivity contribution in [2.75, 3.05) is 5.32 Å². The number of nitrogens with one attached hydrogen (secondary N) is 1. The van der Waals surface area contributed by atoms with Crippen LogP contribution < -0.4 is 5.32 Å². The van der Waals surface area contributed by atoms with Crippen molar-refractivity contribution in [2.24, 2.45) is 0 Å². The molecule has 0 spiro atoms. The normalized spacial score (nSPS) is 13.0. The monoisotopic (exact) mass is 370 g/mol. The number of nitrogens with zero attached hydrogens (tertiary/aromatic N) is 1. The molecule has 2 aromatic heterocycles. The quantitative estimate of drug-likeness (QED) is 0.505. The van der Waals surface area contributed by atoms with E-state index in [1.807, 2.05) is 0 Å². The number of amides is 1. The molecule has 0 fully saturated rings. The Bertz CT molecular complexity index is 1130. The molecule has 2 aromatic carbocycles. The highest BCUT2D eigenvalue weighted by Gasteiger charge is 2.19. The minimum Gasteiger partial charge on any atom is -0.297 e. The number of carbonyl (C=O) groups excluding carboxylic acids is 1. The number of benzene rings is 2. The summed E-state index contributed by atoms with van der Waals surface area (Å²) in [4.78, 5) is 17.6. The van der Waals surface area contributed by atoms with Gasteiger partial charge in [-0.15, -0.1) is 11.3 Å². The van der Waals surface area contributed by atoms with Gasteiger partial charge in [0.15, 0.2) is 5.13 Å². The van der Waals surface area contributed by atoms with Crippen molar-refractivity contribution in [3.63, 3.8) is 0 Å². The van der Waals surface area contributed by atoms with Crippen LogP contribution in [0.25, 0.3) is 21.0 Å². The summed E-state index contributed by atoms with van der Waals surface area (Å²) in [5.74, 6) is -0.164. The Hall–Kier alpha value is -1.95. The van der Waals surface area contributed by atoms with E-state index in [0.717, 1.165) is 23.1 Å². The van der Waals surface area contributed by atoms with Crippen LogP contribution >= 0.6 is 34.3 Å². The maximum absolute atomic E-state index is 12.3. The molecule has 2 heterocycles. The number of fused-ring (bicyclic) bond motifs is 2. The van der Waals surface area contributed by atoms with Crippen LogP contribution in [0.3, 0.4) is 0 Å². The highest BCUT2D eigenvalue weighted by atomic mass is 35.5. The number of thiophene rings is 1. The first-order valence-electron chi connectivity index (χ1n) is 7.60. The molecule has 0 aliphatic heterocycles. The van der Waals surface area contributed by atoms with Gasteiger partial charge in [-0.25, -0.2) is 4.98 Å². The Morgan fingerprint density at radius 2 is 2.00 bits per heavy atom. The smallest absolute Gasteiger partial charge is 0.267 e. The van der Waals surface area contributed by atoms with Gasteiger partial charge in [0, 0.05) is 5.39 Å². The third-order valence-electron chi connectivity index (χ3n) is 4.37. The lowest BCUT2D eigenvalue weighted by molar-refractivity contribution is 0.103. The Kier molecular flexibility index (Phi) is 3.16. The van der Waals surface area contributed by atoms with E-state index >= 15 is 0 Å². The van der Waals surface area contributed by atoms with Gasteiger partial charge in [0.1, 0.15) is 0 Å².